The number of hydrogen-bond donors (Lipinski definition) is 2. The fourth-order valence-corrected chi connectivity index (χ4v) is 3.17. The van der Waals surface area contributed by atoms with Gasteiger partial charge >= 0.3 is 6.61 Å². The highest BCUT2D eigenvalue weighted by molar-refractivity contribution is 6.30. The maximum Gasteiger partial charge on any atom is 0.387 e. The lowest BCUT2D eigenvalue weighted by molar-refractivity contribution is -0.123. The Labute approximate surface area is 189 Å². The van der Waals surface area contributed by atoms with Crippen LogP contribution in [-0.4, -0.2) is 24.5 Å². The largest absolute Gasteiger partial charge is 0.435 e. The summed E-state index contributed by atoms with van der Waals surface area (Å²) in [6.07, 6.45) is 0.278. The Bertz CT molecular complexity index is 1050. The highest BCUT2D eigenvalue weighted by atomic mass is 35.5. The van der Waals surface area contributed by atoms with Crippen LogP contribution in [0.25, 0.3) is 0 Å². The van der Waals surface area contributed by atoms with E-state index in [1.807, 2.05) is 30.3 Å². The number of benzene rings is 3. The third-order valence-electron chi connectivity index (χ3n) is 4.60. The minimum atomic E-state index is -2.93. The molecule has 3 aromatic rings. The van der Waals surface area contributed by atoms with Crippen LogP contribution >= 0.6 is 11.6 Å². The van der Waals surface area contributed by atoms with Gasteiger partial charge in [0.05, 0.1) is 0 Å². The molecule has 3 rings (SSSR count). The fraction of sp³-hybridized carbons (Fsp3) is 0.167. The molecule has 0 aromatic heterocycles. The monoisotopic (exact) mass is 458 g/mol. The van der Waals surface area contributed by atoms with E-state index in [2.05, 4.69) is 15.4 Å². The molecule has 0 fully saturated rings. The minimum Gasteiger partial charge on any atom is -0.435 e. The second kappa shape index (κ2) is 11.2. The molecule has 0 saturated heterocycles. The van der Waals surface area contributed by atoms with Gasteiger partial charge in [-0.2, -0.15) is 8.78 Å². The Morgan fingerprint density at radius 1 is 0.906 bits per heavy atom. The molecule has 1 unspecified atom stereocenters. The average molecular weight is 459 g/mol. The molecule has 32 heavy (non-hydrogen) atoms. The van der Waals surface area contributed by atoms with E-state index in [9.17, 15) is 18.4 Å². The predicted molar refractivity (Wildman–Crippen MR) is 118 cm³/mol. The summed E-state index contributed by atoms with van der Waals surface area (Å²) in [6, 6.07) is 20.8. The van der Waals surface area contributed by atoms with Crippen LogP contribution in [-0.2, 0) is 17.8 Å². The first-order valence-corrected chi connectivity index (χ1v) is 10.2. The number of amides is 2. The zero-order valence-corrected chi connectivity index (χ0v) is 17.7. The van der Waals surface area contributed by atoms with Crippen LogP contribution in [0.5, 0.6) is 5.75 Å². The summed E-state index contributed by atoms with van der Waals surface area (Å²) < 4.78 is 29.2. The standard InChI is InChI=1S/C24H21ClF2N2O3/c25-19-11-9-18(10-12-19)22(30)29-21(14-16-5-2-1-3-6-16)23(31)28-15-17-7-4-8-20(13-17)32-24(26)27/h1-13,21,24H,14-15H2,(H,28,31)(H,29,30). The minimum absolute atomic E-state index is 0.00336. The van der Waals surface area contributed by atoms with Gasteiger partial charge in [0, 0.05) is 23.6 Å². The van der Waals surface area contributed by atoms with Crippen molar-refractivity contribution in [2.24, 2.45) is 0 Å². The van der Waals surface area contributed by atoms with Gasteiger partial charge in [-0.25, -0.2) is 0 Å². The Morgan fingerprint density at radius 3 is 2.28 bits per heavy atom. The first-order chi connectivity index (χ1) is 15.4. The van der Waals surface area contributed by atoms with E-state index in [4.69, 9.17) is 11.6 Å². The topological polar surface area (TPSA) is 67.4 Å². The summed E-state index contributed by atoms with van der Waals surface area (Å²) in [5.41, 5.74) is 1.83. The number of alkyl halides is 2. The van der Waals surface area contributed by atoms with Crippen molar-refractivity contribution in [1.82, 2.24) is 10.6 Å². The van der Waals surface area contributed by atoms with E-state index in [1.54, 1.807) is 36.4 Å². The van der Waals surface area contributed by atoms with Gasteiger partial charge in [0.2, 0.25) is 5.91 Å². The summed E-state index contributed by atoms with van der Waals surface area (Å²) in [7, 11) is 0. The molecular weight excluding hydrogens is 438 g/mol. The van der Waals surface area contributed by atoms with E-state index in [0.717, 1.165) is 5.56 Å². The molecule has 0 heterocycles. The van der Waals surface area contributed by atoms with Crippen molar-refractivity contribution in [1.29, 1.82) is 0 Å². The predicted octanol–water partition coefficient (Wildman–Crippen LogP) is 4.60. The van der Waals surface area contributed by atoms with Crippen LogP contribution in [0.2, 0.25) is 5.02 Å². The van der Waals surface area contributed by atoms with Crippen molar-refractivity contribution in [3.8, 4) is 5.75 Å². The molecule has 8 heteroatoms. The van der Waals surface area contributed by atoms with Crippen LogP contribution in [0.15, 0.2) is 78.9 Å². The number of nitrogens with one attached hydrogen (secondary N) is 2. The summed E-state index contributed by atoms with van der Waals surface area (Å²) in [4.78, 5) is 25.6. The number of rotatable bonds is 9. The highest BCUT2D eigenvalue weighted by Gasteiger charge is 2.22. The van der Waals surface area contributed by atoms with Gasteiger partial charge in [-0.05, 0) is 47.5 Å². The number of carbonyl (C=O) groups is 2. The van der Waals surface area contributed by atoms with Crippen LogP contribution in [0.3, 0.4) is 0 Å². The maximum absolute atomic E-state index is 12.9. The third-order valence-corrected chi connectivity index (χ3v) is 4.85. The summed E-state index contributed by atoms with van der Waals surface area (Å²) in [5.74, 6) is -0.815. The molecule has 3 aromatic carbocycles. The molecule has 0 spiro atoms. The molecule has 1 atom stereocenters. The SMILES string of the molecule is O=C(NC(Cc1ccccc1)C(=O)NCc1cccc(OC(F)F)c1)c1ccc(Cl)cc1. The summed E-state index contributed by atoms with van der Waals surface area (Å²) in [6.45, 7) is -2.85. The van der Waals surface area contributed by atoms with Crippen LogP contribution in [0.1, 0.15) is 21.5 Å². The van der Waals surface area contributed by atoms with Gasteiger partial charge in [0.1, 0.15) is 11.8 Å². The molecule has 5 nitrogen and oxygen atoms in total. The maximum atomic E-state index is 12.9. The van der Waals surface area contributed by atoms with Gasteiger partial charge in [0.25, 0.3) is 5.91 Å². The van der Waals surface area contributed by atoms with E-state index >= 15 is 0 Å². The second-order valence-electron chi connectivity index (χ2n) is 6.97. The number of carbonyl (C=O) groups excluding carboxylic acids is 2. The molecular formula is C24H21ClF2N2O3. The normalized spacial score (nSPS) is 11.6. The number of halogens is 3. The lowest BCUT2D eigenvalue weighted by Gasteiger charge is -2.19. The Morgan fingerprint density at radius 2 is 1.59 bits per heavy atom. The van der Waals surface area contributed by atoms with E-state index in [-0.39, 0.29) is 18.7 Å². The van der Waals surface area contributed by atoms with Gasteiger partial charge in [-0.3, -0.25) is 9.59 Å². The van der Waals surface area contributed by atoms with Gasteiger partial charge in [0.15, 0.2) is 0 Å². The second-order valence-corrected chi connectivity index (χ2v) is 7.40. The first-order valence-electron chi connectivity index (χ1n) is 9.82. The van der Waals surface area contributed by atoms with Crippen LogP contribution in [0, 0.1) is 0 Å². The molecule has 0 aliphatic carbocycles. The summed E-state index contributed by atoms with van der Waals surface area (Å²) in [5, 5.41) is 6.00. The zero-order chi connectivity index (χ0) is 22.9. The fourth-order valence-electron chi connectivity index (χ4n) is 3.05. The van der Waals surface area contributed by atoms with Crippen molar-refractivity contribution in [3.05, 3.63) is 101 Å². The smallest absolute Gasteiger partial charge is 0.387 e. The molecule has 0 radical (unpaired) electrons. The van der Waals surface area contributed by atoms with Crippen molar-refractivity contribution < 1.29 is 23.1 Å². The van der Waals surface area contributed by atoms with E-state index in [1.165, 1.54) is 12.1 Å². The molecule has 0 aliphatic rings. The molecule has 0 bridgehead atoms. The zero-order valence-electron chi connectivity index (χ0n) is 16.9. The Balaban J connectivity index is 1.70. The highest BCUT2D eigenvalue weighted by Crippen LogP contribution is 2.16. The third kappa shape index (κ3) is 7.06. The quantitative estimate of drug-likeness (QED) is 0.492. The van der Waals surface area contributed by atoms with Gasteiger partial charge in [-0.1, -0.05) is 54.1 Å². The van der Waals surface area contributed by atoms with Crippen molar-refractivity contribution >= 4 is 23.4 Å². The van der Waals surface area contributed by atoms with Crippen molar-refractivity contribution in [3.63, 3.8) is 0 Å². The Hall–Kier alpha value is -3.45. The molecule has 2 amide bonds. The molecule has 0 aliphatic heterocycles. The average Bonchev–Trinajstić information content (AvgIpc) is 2.78. The van der Waals surface area contributed by atoms with E-state index < -0.39 is 24.5 Å². The lowest BCUT2D eigenvalue weighted by Crippen LogP contribution is -2.47. The molecule has 0 saturated carbocycles. The van der Waals surface area contributed by atoms with Crippen molar-refractivity contribution in [2.45, 2.75) is 25.6 Å². The Kier molecular flexibility index (Phi) is 8.16. The van der Waals surface area contributed by atoms with Crippen LogP contribution < -0.4 is 15.4 Å². The van der Waals surface area contributed by atoms with E-state index in [0.29, 0.717) is 16.1 Å². The van der Waals surface area contributed by atoms with Gasteiger partial charge < -0.3 is 15.4 Å². The molecule has 2 N–H and O–H groups in total. The summed E-state index contributed by atoms with van der Waals surface area (Å²) >= 11 is 5.87. The first kappa shape index (κ1) is 23.2. The van der Waals surface area contributed by atoms with Crippen LogP contribution in [0.4, 0.5) is 8.78 Å². The molecule has 166 valence electrons. The number of ether oxygens (including phenoxy) is 1. The van der Waals surface area contributed by atoms with Gasteiger partial charge in [-0.15, -0.1) is 0 Å². The lowest BCUT2D eigenvalue weighted by atomic mass is 10.0. The number of hydrogen-bond acceptors (Lipinski definition) is 3. The van der Waals surface area contributed by atoms with Crippen molar-refractivity contribution in [2.75, 3.05) is 0 Å².